The topological polar surface area (TPSA) is 69.2 Å². The molecule has 178 valence electrons. The Hall–Kier alpha value is -2.49. The van der Waals surface area contributed by atoms with E-state index in [0.29, 0.717) is 12.6 Å². The highest BCUT2D eigenvalue weighted by molar-refractivity contribution is 14.0. The van der Waals surface area contributed by atoms with Crippen LogP contribution in [-0.2, 0) is 4.79 Å². The number of nitrogens with zero attached hydrogens (tertiary/aromatic N) is 3. The number of fused-ring (bicyclic) bond motifs is 1. The number of aliphatic imine (C=N–C) groups is 1. The number of halogens is 1. The molecule has 2 aromatic rings. The Labute approximate surface area is 213 Å². The van der Waals surface area contributed by atoms with Crippen LogP contribution >= 0.6 is 24.0 Å². The minimum absolute atomic E-state index is 0. The number of hydrogen-bond donors (Lipinski definition) is 2. The van der Waals surface area contributed by atoms with E-state index < -0.39 is 0 Å². The van der Waals surface area contributed by atoms with Gasteiger partial charge in [-0.2, -0.15) is 0 Å². The summed E-state index contributed by atoms with van der Waals surface area (Å²) < 4.78 is 5.81. The Morgan fingerprint density at radius 1 is 1.09 bits per heavy atom. The van der Waals surface area contributed by atoms with E-state index in [9.17, 15) is 4.79 Å². The van der Waals surface area contributed by atoms with Gasteiger partial charge in [0.25, 0.3) is 0 Å². The minimum atomic E-state index is -0.0203. The van der Waals surface area contributed by atoms with E-state index in [1.165, 1.54) is 5.69 Å². The van der Waals surface area contributed by atoms with Crippen LogP contribution in [-0.4, -0.2) is 63.1 Å². The predicted molar refractivity (Wildman–Crippen MR) is 144 cm³/mol. The summed E-state index contributed by atoms with van der Waals surface area (Å²) >= 11 is 0. The largest absolute Gasteiger partial charge is 0.493 e. The molecular formula is C25H34IN5O2. The molecule has 1 saturated heterocycles. The molecule has 1 fully saturated rings. The normalized spacial score (nSPS) is 20.1. The second kappa shape index (κ2) is 12.1. The number of piperidine rings is 1. The molecule has 0 aliphatic carbocycles. The van der Waals surface area contributed by atoms with Gasteiger partial charge >= 0.3 is 0 Å². The molecule has 2 aromatic carbocycles. The van der Waals surface area contributed by atoms with Gasteiger partial charge in [0.2, 0.25) is 5.91 Å². The van der Waals surface area contributed by atoms with Crippen LogP contribution in [0.2, 0.25) is 0 Å². The second-order valence-corrected chi connectivity index (χ2v) is 8.59. The molecule has 2 unspecified atom stereocenters. The van der Waals surface area contributed by atoms with E-state index in [2.05, 4.69) is 50.9 Å². The first-order valence-electron chi connectivity index (χ1n) is 11.4. The molecule has 2 N–H and O–H groups in total. The van der Waals surface area contributed by atoms with Gasteiger partial charge in [-0.15, -0.1) is 24.0 Å². The molecule has 1 amide bonds. The smallest absolute Gasteiger partial charge is 0.243 e. The maximum Gasteiger partial charge on any atom is 0.243 e. The van der Waals surface area contributed by atoms with Crippen molar-refractivity contribution in [1.82, 2.24) is 15.5 Å². The number of para-hydroxylation sites is 2. The van der Waals surface area contributed by atoms with Crippen LogP contribution in [0.15, 0.2) is 59.6 Å². The number of hydrogen-bond acceptors (Lipinski definition) is 4. The number of amides is 1. The lowest BCUT2D eigenvalue weighted by Crippen LogP contribution is -2.52. The predicted octanol–water partition coefficient (Wildman–Crippen LogP) is 3.42. The fourth-order valence-corrected chi connectivity index (χ4v) is 4.24. The molecule has 0 spiro atoms. The molecule has 2 atom stereocenters. The van der Waals surface area contributed by atoms with Crippen molar-refractivity contribution < 1.29 is 9.53 Å². The maximum absolute atomic E-state index is 12.2. The summed E-state index contributed by atoms with van der Waals surface area (Å²) in [5.74, 6) is 1.57. The Morgan fingerprint density at radius 2 is 1.85 bits per heavy atom. The second-order valence-electron chi connectivity index (χ2n) is 8.59. The Bertz CT molecular complexity index is 937. The summed E-state index contributed by atoms with van der Waals surface area (Å²) in [5.41, 5.74) is 2.37. The van der Waals surface area contributed by atoms with Gasteiger partial charge in [0, 0.05) is 50.9 Å². The quantitative estimate of drug-likeness (QED) is 0.332. The van der Waals surface area contributed by atoms with Gasteiger partial charge in [0.1, 0.15) is 12.3 Å². The highest BCUT2D eigenvalue weighted by Gasteiger charge is 2.25. The number of carbonyl (C=O) groups excluding carboxylic acids is 1. The van der Waals surface area contributed by atoms with Crippen LogP contribution in [0.1, 0.15) is 30.9 Å². The molecule has 0 radical (unpaired) electrons. The number of guanidine groups is 1. The van der Waals surface area contributed by atoms with Gasteiger partial charge in [-0.1, -0.05) is 36.4 Å². The third-order valence-corrected chi connectivity index (χ3v) is 6.02. The molecule has 2 aliphatic rings. The van der Waals surface area contributed by atoms with Crippen molar-refractivity contribution in [2.45, 2.75) is 31.3 Å². The van der Waals surface area contributed by atoms with Crippen LogP contribution in [0.5, 0.6) is 5.75 Å². The average molecular weight is 563 g/mol. The van der Waals surface area contributed by atoms with Crippen molar-refractivity contribution in [2.75, 3.05) is 45.2 Å². The molecule has 8 heteroatoms. The van der Waals surface area contributed by atoms with Gasteiger partial charge in [0.05, 0.1) is 12.6 Å². The zero-order valence-corrected chi connectivity index (χ0v) is 21.7. The van der Waals surface area contributed by atoms with Crippen LogP contribution < -0.4 is 20.3 Å². The summed E-state index contributed by atoms with van der Waals surface area (Å²) in [4.78, 5) is 20.8. The van der Waals surface area contributed by atoms with Crippen molar-refractivity contribution in [2.24, 2.45) is 4.99 Å². The minimum Gasteiger partial charge on any atom is -0.493 e. The molecule has 7 nitrogen and oxygen atoms in total. The lowest BCUT2D eigenvalue weighted by molar-refractivity contribution is -0.127. The lowest BCUT2D eigenvalue weighted by Gasteiger charge is -2.36. The summed E-state index contributed by atoms with van der Waals surface area (Å²) in [6.07, 6.45) is 3.02. The monoisotopic (exact) mass is 563 g/mol. The van der Waals surface area contributed by atoms with E-state index in [0.717, 1.165) is 43.7 Å². The Morgan fingerprint density at radius 3 is 2.64 bits per heavy atom. The number of benzene rings is 2. The third kappa shape index (κ3) is 6.75. The van der Waals surface area contributed by atoms with Gasteiger partial charge in [-0.05, 0) is 31.0 Å². The van der Waals surface area contributed by atoms with Crippen LogP contribution in [0, 0.1) is 0 Å². The molecule has 33 heavy (non-hydrogen) atoms. The number of ether oxygens (including phenoxy) is 1. The average Bonchev–Trinajstić information content (AvgIpc) is 2.83. The standard InChI is InChI=1S/C25H33N5O2.HI/c1-29(2)24(31)17-26-25(28-22-14-16-32-23-13-7-6-12-21(22)23)27-19-9-8-15-30(18-19)20-10-4-3-5-11-20;/h3-7,10-13,19,22H,8-9,14-18H2,1-2H3,(H2,26,27,28);1H. The fourth-order valence-electron chi connectivity index (χ4n) is 4.24. The van der Waals surface area contributed by atoms with Crippen molar-refractivity contribution in [3.8, 4) is 5.75 Å². The van der Waals surface area contributed by atoms with Crippen molar-refractivity contribution in [3.05, 3.63) is 60.2 Å². The SMILES string of the molecule is CN(C)C(=O)CN=C(NC1CCCN(c2ccccc2)C1)NC1CCOc2ccccc21.I. The zero-order chi connectivity index (χ0) is 22.3. The first-order valence-corrected chi connectivity index (χ1v) is 11.4. The first-order chi connectivity index (χ1) is 15.6. The maximum atomic E-state index is 12.2. The lowest BCUT2D eigenvalue weighted by atomic mass is 10.0. The number of nitrogens with one attached hydrogen (secondary N) is 2. The van der Waals surface area contributed by atoms with Crippen molar-refractivity contribution in [3.63, 3.8) is 0 Å². The van der Waals surface area contributed by atoms with E-state index in [1.54, 1.807) is 19.0 Å². The van der Waals surface area contributed by atoms with E-state index in [4.69, 9.17) is 4.74 Å². The number of anilines is 1. The Balaban J connectivity index is 0.00000306. The van der Waals surface area contributed by atoms with Gasteiger partial charge in [0.15, 0.2) is 5.96 Å². The highest BCUT2D eigenvalue weighted by Crippen LogP contribution is 2.31. The summed E-state index contributed by atoms with van der Waals surface area (Å²) in [6, 6.07) is 19.0. The molecule has 2 aliphatic heterocycles. The molecule has 0 bridgehead atoms. The van der Waals surface area contributed by atoms with E-state index in [1.807, 2.05) is 24.3 Å². The molecule has 2 heterocycles. The molecule has 0 aromatic heterocycles. The molecule has 4 rings (SSSR count). The fraction of sp³-hybridized carbons (Fsp3) is 0.440. The van der Waals surface area contributed by atoms with Gasteiger partial charge < -0.3 is 25.2 Å². The third-order valence-electron chi connectivity index (χ3n) is 6.02. The van der Waals surface area contributed by atoms with Crippen LogP contribution in [0.25, 0.3) is 0 Å². The van der Waals surface area contributed by atoms with Crippen LogP contribution in [0.4, 0.5) is 5.69 Å². The number of carbonyl (C=O) groups is 1. The van der Waals surface area contributed by atoms with Gasteiger partial charge in [-0.25, -0.2) is 4.99 Å². The summed E-state index contributed by atoms with van der Waals surface area (Å²) in [6.45, 7) is 2.72. The number of rotatable bonds is 5. The highest BCUT2D eigenvalue weighted by atomic mass is 127. The first kappa shape index (κ1) is 25.1. The summed E-state index contributed by atoms with van der Waals surface area (Å²) in [7, 11) is 3.51. The molecule has 0 saturated carbocycles. The molecular weight excluding hydrogens is 529 g/mol. The van der Waals surface area contributed by atoms with Crippen LogP contribution in [0.3, 0.4) is 0 Å². The number of likely N-dealkylation sites (N-methyl/N-ethyl adjacent to an activating group) is 1. The van der Waals surface area contributed by atoms with Gasteiger partial charge in [-0.3, -0.25) is 4.79 Å². The summed E-state index contributed by atoms with van der Waals surface area (Å²) in [5, 5.41) is 7.19. The zero-order valence-electron chi connectivity index (χ0n) is 19.4. The Kier molecular flexibility index (Phi) is 9.22. The van der Waals surface area contributed by atoms with E-state index in [-0.39, 0.29) is 48.5 Å². The van der Waals surface area contributed by atoms with E-state index >= 15 is 0 Å². The van der Waals surface area contributed by atoms with Crippen molar-refractivity contribution >= 4 is 41.5 Å². The van der Waals surface area contributed by atoms with Crippen molar-refractivity contribution in [1.29, 1.82) is 0 Å².